The van der Waals surface area contributed by atoms with Crippen LogP contribution < -0.4 is 5.32 Å². The number of aliphatic hydroxyl groups excluding tert-OH is 1. The fourth-order valence-corrected chi connectivity index (χ4v) is 17.0. The van der Waals surface area contributed by atoms with Crippen LogP contribution in [-0.4, -0.2) is 159 Å². The fourth-order valence-electron chi connectivity index (χ4n) is 12.0. The highest BCUT2D eigenvalue weighted by Crippen LogP contribution is 2.47. The summed E-state index contributed by atoms with van der Waals surface area (Å²) >= 11 is 2.20. The largest absolute Gasteiger partial charge is 0.444 e. The molecule has 1 amide bonds. The van der Waals surface area contributed by atoms with Crippen molar-refractivity contribution in [3.63, 3.8) is 0 Å². The number of aliphatic hydroxyl groups is 1. The number of nitrogens with one attached hydrogen (secondary N) is 1. The van der Waals surface area contributed by atoms with E-state index in [1.165, 1.54) is 19.2 Å². The number of aldehydes is 1. The molecule has 6 saturated heterocycles. The molecule has 0 spiro atoms. The molecular weight excluding hydrogens is 1180 g/mol. The van der Waals surface area contributed by atoms with Crippen LogP contribution >= 0.6 is 22.6 Å². The molecule has 0 aromatic heterocycles. The smallest absolute Gasteiger partial charge is 0.407 e. The van der Waals surface area contributed by atoms with Gasteiger partial charge in [-0.05, 0) is 121 Å². The molecule has 1 aromatic carbocycles. The van der Waals surface area contributed by atoms with Crippen LogP contribution in [0.4, 0.5) is 4.79 Å². The van der Waals surface area contributed by atoms with Crippen molar-refractivity contribution >= 4 is 67.2 Å². The van der Waals surface area contributed by atoms with Crippen molar-refractivity contribution in [2.24, 2.45) is 11.8 Å². The van der Waals surface area contributed by atoms with E-state index in [0.29, 0.717) is 44.9 Å². The van der Waals surface area contributed by atoms with Crippen molar-refractivity contribution in [3.8, 4) is 0 Å². The summed E-state index contributed by atoms with van der Waals surface area (Å²) in [7, 11) is -7.95. The van der Waals surface area contributed by atoms with Crippen LogP contribution in [0.2, 0.25) is 36.3 Å². The summed E-state index contributed by atoms with van der Waals surface area (Å²) in [6.07, 6.45) is -2.58. The van der Waals surface area contributed by atoms with Gasteiger partial charge in [-0.2, -0.15) is 0 Å². The van der Waals surface area contributed by atoms with Gasteiger partial charge in [0, 0.05) is 38.7 Å². The number of carbonyl (C=O) groups excluding carboxylic acids is 3. The molecule has 6 aliphatic rings. The molecule has 18 atom stereocenters. The highest BCUT2D eigenvalue weighted by molar-refractivity contribution is 14.1. The molecule has 0 bridgehead atoms. The first kappa shape index (κ1) is 64.4. The predicted molar refractivity (Wildman–Crippen MR) is 316 cm³/mol. The van der Waals surface area contributed by atoms with Crippen molar-refractivity contribution in [2.45, 2.75) is 257 Å². The maximum absolute atomic E-state index is 15.7. The molecule has 6 fully saturated rings. The van der Waals surface area contributed by atoms with Crippen molar-refractivity contribution < 1.29 is 69.9 Å². The van der Waals surface area contributed by atoms with Crippen molar-refractivity contribution in [1.29, 1.82) is 0 Å². The molecule has 0 saturated carbocycles. The second kappa shape index (κ2) is 26.4. The first-order valence-corrected chi connectivity index (χ1v) is 37.3. The lowest BCUT2D eigenvalue weighted by Gasteiger charge is -2.53. The fraction of sp³-hybridized carbons (Fsp3) is 0.746. The van der Waals surface area contributed by atoms with Crippen molar-refractivity contribution in [1.82, 2.24) is 5.32 Å². The van der Waals surface area contributed by atoms with Gasteiger partial charge >= 0.3 is 6.09 Å². The Morgan fingerprint density at radius 1 is 0.873 bits per heavy atom. The van der Waals surface area contributed by atoms with Gasteiger partial charge in [0.1, 0.15) is 42.1 Å². The van der Waals surface area contributed by atoms with E-state index in [-0.39, 0.29) is 65.0 Å². The van der Waals surface area contributed by atoms with Crippen LogP contribution in [0.3, 0.4) is 0 Å². The number of methoxy groups -OCH3 is 1. The maximum Gasteiger partial charge on any atom is 0.407 e. The van der Waals surface area contributed by atoms with E-state index in [9.17, 15) is 14.7 Å². The molecule has 1 aromatic rings. The summed E-state index contributed by atoms with van der Waals surface area (Å²) in [5, 5.41) is 13.4. The Bertz CT molecular complexity index is 2430. The number of amides is 1. The highest BCUT2D eigenvalue weighted by Gasteiger charge is 2.59. The topological polar surface area (TPSA) is 201 Å². The standard InChI is InChI=1S/C59H92INO15SSi2/c1-35-29-39(22-24-44-36(2)30-38(69-44)19-18-28-62)70-47(37(35)3)33-48-50(52(68-10)49(73-48)32-41-34-61-57(65)72-41)56(77(66,67)42-20-16-15-17-21-42)43(63)31-40-23-25-45-53(71-40)51(64)55(76-79(13,14)59(7,8)9)54(74-45)46(26-27-60)75-78(11,12)58(4,5)6/h15-17,20-21,26-28,35,38-41,44-56,64H,2-3,18-19,22-25,29-34H2,1,4-14H3,(H,61,65)/b27-26+/t35-,38+,39+,40-,41+,44+,45?,46+,47-,48+,49-,50+,51+,52+,53+,54+,55+,56?/m1/s1. The molecule has 0 aliphatic carbocycles. The Morgan fingerprint density at radius 2 is 1.56 bits per heavy atom. The average molecular weight is 1270 g/mol. The number of ketones is 1. The van der Waals surface area contributed by atoms with Crippen LogP contribution in [0, 0.1) is 11.8 Å². The quantitative estimate of drug-likeness (QED) is 0.0453. The minimum atomic E-state index is -4.48. The summed E-state index contributed by atoms with van der Waals surface area (Å²) in [6, 6.07) is 8.00. The third-order valence-corrected chi connectivity index (χ3v) is 30.1. The van der Waals surface area contributed by atoms with Gasteiger partial charge in [0.05, 0.1) is 72.5 Å². The minimum absolute atomic E-state index is 0.0251. The number of cyclic esters (lactones) is 1. The average Bonchev–Trinajstić information content (AvgIpc) is 4.19. The van der Waals surface area contributed by atoms with Crippen LogP contribution in [0.25, 0.3) is 0 Å². The van der Waals surface area contributed by atoms with Crippen LogP contribution in [0.5, 0.6) is 0 Å². The Labute approximate surface area is 486 Å². The number of fused-ring (bicyclic) bond motifs is 1. The van der Waals surface area contributed by atoms with E-state index in [1.807, 2.05) is 10.2 Å². The number of Topliss-reactive ketones (excluding diaryl/α,β-unsaturated/α-hetero) is 1. The number of benzene rings is 1. The monoisotopic (exact) mass is 1270 g/mol. The van der Waals surface area contributed by atoms with E-state index in [2.05, 4.69) is 116 Å². The van der Waals surface area contributed by atoms with Gasteiger partial charge in [-0.3, -0.25) is 4.79 Å². The molecule has 444 valence electrons. The Morgan fingerprint density at radius 3 is 2.18 bits per heavy atom. The number of alkyl carbamates (subject to hydrolysis) is 1. The number of halogens is 1. The number of carbonyl (C=O) groups is 3. The number of ether oxygens (including phenoxy) is 7. The number of hydrogen-bond acceptors (Lipinski definition) is 15. The number of sulfone groups is 1. The van der Waals surface area contributed by atoms with Gasteiger partial charge in [-0.1, -0.05) is 102 Å². The van der Waals surface area contributed by atoms with Gasteiger partial charge in [0.25, 0.3) is 0 Å². The lowest BCUT2D eigenvalue weighted by Crippen LogP contribution is -2.67. The Kier molecular flexibility index (Phi) is 21.5. The summed E-state index contributed by atoms with van der Waals surface area (Å²) in [4.78, 5) is 39.0. The molecule has 16 nitrogen and oxygen atoms in total. The van der Waals surface area contributed by atoms with Gasteiger partial charge < -0.3 is 57.2 Å². The normalized spacial score (nSPS) is 34.8. The number of rotatable bonds is 23. The predicted octanol–water partition coefficient (Wildman–Crippen LogP) is 10.3. The molecule has 20 heteroatoms. The summed E-state index contributed by atoms with van der Waals surface area (Å²) < 4.78 is 93.1. The lowest BCUT2D eigenvalue weighted by atomic mass is 9.81. The van der Waals surface area contributed by atoms with E-state index in [1.54, 1.807) is 18.2 Å². The molecule has 79 heavy (non-hydrogen) atoms. The van der Waals surface area contributed by atoms with Crippen LogP contribution in [0.15, 0.2) is 69.7 Å². The molecule has 7 rings (SSSR count). The first-order chi connectivity index (χ1) is 37.0. The summed E-state index contributed by atoms with van der Waals surface area (Å²) in [5.41, 5.74) is 1.85. The summed E-state index contributed by atoms with van der Waals surface area (Å²) in [6.45, 7) is 32.8. The van der Waals surface area contributed by atoms with Crippen molar-refractivity contribution in [2.75, 3.05) is 13.7 Å². The van der Waals surface area contributed by atoms with Crippen LogP contribution in [-0.2, 0) is 61.4 Å². The van der Waals surface area contributed by atoms with Gasteiger partial charge in [0.2, 0.25) is 0 Å². The van der Waals surface area contributed by atoms with Gasteiger partial charge in [0.15, 0.2) is 32.3 Å². The highest BCUT2D eigenvalue weighted by atomic mass is 127. The molecule has 6 heterocycles. The Hall–Kier alpha value is -2.20. The Balaban J connectivity index is 1.19. The second-order valence-electron chi connectivity index (χ2n) is 26.1. The molecule has 6 aliphatic heterocycles. The van der Waals surface area contributed by atoms with Crippen LogP contribution in [0.1, 0.15) is 119 Å². The molecule has 2 unspecified atom stereocenters. The first-order valence-electron chi connectivity index (χ1n) is 28.7. The van der Waals surface area contributed by atoms with Gasteiger partial charge in [-0.15, -0.1) is 0 Å². The zero-order chi connectivity index (χ0) is 58.0. The third kappa shape index (κ3) is 15.0. The lowest BCUT2D eigenvalue weighted by molar-refractivity contribution is -0.269. The summed E-state index contributed by atoms with van der Waals surface area (Å²) in [5.74, 6) is -1.59. The third-order valence-electron chi connectivity index (χ3n) is 18.5. The zero-order valence-corrected chi connectivity index (χ0v) is 53.8. The minimum Gasteiger partial charge on any atom is -0.444 e. The molecule has 2 N–H and O–H groups in total. The zero-order valence-electron chi connectivity index (χ0n) is 48.9. The van der Waals surface area contributed by atoms with E-state index >= 15 is 13.2 Å². The van der Waals surface area contributed by atoms with Crippen molar-refractivity contribution in [3.05, 3.63) is 64.8 Å². The van der Waals surface area contributed by atoms with E-state index in [4.69, 9.17) is 42.0 Å². The number of hydrogen-bond donors (Lipinski definition) is 2. The van der Waals surface area contributed by atoms with Gasteiger partial charge in [-0.25, -0.2) is 13.2 Å². The molecule has 0 radical (unpaired) electrons. The van der Waals surface area contributed by atoms with E-state index < -0.39 is 123 Å². The SMILES string of the molecule is C=C1C[C@H](CCC=O)O[C@H]1CC[C@H]1C[C@@H](C)C(=C)[C@@H](C[C@@H]2O[C@H](C[C@H]3CNC(=O)O3)[C@H](OC)[C@H]2C(C(=O)C[C@H]2CCC3O[C@@H]([C@H](/C=C/I)O[Si](C)(C)C(C)(C)C)[C@@H](O[Si](C)(C)C(C)(C)C)[C@@H](O)[C@H]3O2)S(=O)(=O)c2ccccc2)O1. The van der Waals surface area contributed by atoms with E-state index in [0.717, 1.165) is 23.9 Å². The molecular formula is C59H92INO15SSi2. The second-order valence-corrected chi connectivity index (χ2v) is 38.4. The maximum atomic E-state index is 15.7.